The topological polar surface area (TPSA) is 0 Å². The van der Waals surface area contributed by atoms with Gasteiger partial charge in [-0.25, -0.2) is 0 Å². The summed E-state index contributed by atoms with van der Waals surface area (Å²) in [7, 11) is 0. The van der Waals surface area contributed by atoms with Crippen LogP contribution >= 0.6 is 0 Å². The number of hydrogen-bond donors (Lipinski definition) is 0. The van der Waals surface area contributed by atoms with Crippen LogP contribution in [-0.4, -0.2) is 11.8 Å². The summed E-state index contributed by atoms with van der Waals surface area (Å²) in [5, 5.41) is 0. The highest BCUT2D eigenvalue weighted by molar-refractivity contribution is 5.33. The van der Waals surface area contributed by atoms with Crippen LogP contribution in [0.15, 0.2) is 11.1 Å². The predicted octanol–water partition coefficient (Wildman–Crippen LogP) is 3.00. The Kier molecular flexibility index (Phi) is 1.55. The maximum atomic E-state index is 12.4. The molecule has 0 N–H and O–H groups in total. The van der Waals surface area contributed by atoms with Crippen molar-refractivity contribution in [3.05, 3.63) is 11.1 Å². The molecule has 0 bridgehead atoms. The number of allylic oxidation sites excluding steroid dienone is 2. The zero-order valence-electron chi connectivity index (χ0n) is 6.22. The van der Waals surface area contributed by atoms with Crippen molar-refractivity contribution in [3.8, 4) is 0 Å². The third kappa shape index (κ3) is 0.957. The average molecular weight is 168 g/mol. The maximum Gasteiger partial charge on any atom is 0.332 e. The van der Waals surface area contributed by atoms with Crippen LogP contribution in [0.1, 0.15) is 20.3 Å². The lowest BCUT2D eigenvalue weighted by molar-refractivity contribution is -0.232. The van der Waals surface area contributed by atoms with E-state index < -0.39 is 23.8 Å². The van der Waals surface area contributed by atoms with E-state index in [0.29, 0.717) is 5.57 Å². The van der Waals surface area contributed by atoms with Crippen molar-refractivity contribution in [2.75, 3.05) is 0 Å². The fourth-order valence-corrected chi connectivity index (χ4v) is 1.05. The third-order valence-electron chi connectivity index (χ3n) is 1.84. The monoisotopic (exact) mass is 168 g/mol. The summed E-state index contributed by atoms with van der Waals surface area (Å²) in [6.07, 6.45) is -0.789. The molecule has 1 saturated carbocycles. The minimum atomic E-state index is -3.90. The van der Waals surface area contributed by atoms with Crippen LogP contribution in [0.5, 0.6) is 0 Å². The molecule has 0 atom stereocenters. The van der Waals surface area contributed by atoms with Gasteiger partial charge in [-0.1, -0.05) is 5.57 Å². The minimum absolute atomic E-state index is 0.293. The first-order valence-electron chi connectivity index (χ1n) is 3.21. The first-order valence-corrected chi connectivity index (χ1v) is 3.21. The molecule has 1 aliphatic carbocycles. The van der Waals surface area contributed by atoms with Gasteiger partial charge < -0.3 is 0 Å². The van der Waals surface area contributed by atoms with Crippen LogP contribution in [0.3, 0.4) is 0 Å². The summed E-state index contributed by atoms with van der Waals surface area (Å²) in [4.78, 5) is 0. The second kappa shape index (κ2) is 1.99. The molecule has 0 heterocycles. The van der Waals surface area contributed by atoms with Gasteiger partial charge in [-0.15, -0.1) is 0 Å². The molecule has 1 fully saturated rings. The Hall–Kier alpha value is -0.540. The Morgan fingerprint density at radius 1 is 1.18 bits per heavy atom. The van der Waals surface area contributed by atoms with Crippen LogP contribution in [0.2, 0.25) is 0 Å². The van der Waals surface area contributed by atoms with Gasteiger partial charge in [-0.2, -0.15) is 17.6 Å². The van der Waals surface area contributed by atoms with E-state index in [0.717, 1.165) is 0 Å². The molecule has 4 heteroatoms. The van der Waals surface area contributed by atoms with Crippen LogP contribution in [0.4, 0.5) is 17.6 Å². The molecular weight excluding hydrogens is 160 g/mol. The lowest BCUT2D eigenvalue weighted by atomic mass is 9.80. The van der Waals surface area contributed by atoms with E-state index in [1.54, 1.807) is 0 Å². The molecule has 0 unspecified atom stereocenters. The van der Waals surface area contributed by atoms with Gasteiger partial charge >= 0.3 is 11.8 Å². The van der Waals surface area contributed by atoms with Gasteiger partial charge in [0.25, 0.3) is 0 Å². The standard InChI is InChI=1S/C7H8F4/c1-4(2)5-3-6(8,9)7(5,10)11/h3H2,1-2H3. The Morgan fingerprint density at radius 3 is 1.73 bits per heavy atom. The van der Waals surface area contributed by atoms with Crippen molar-refractivity contribution >= 4 is 0 Å². The van der Waals surface area contributed by atoms with Crippen molar-refractivity contribution in [1.29, 1.82) is 0 Å². The molecule has 0 spiro atoms. The van der Waals surface area contributed by atoms with Gasteiger partial charge in [0.05, 0.1) is 0 Å². The zero-order valence-corrected chi connectivity index (χ0v) is 6.22. The Bertz CT molecular complexity index is 210. The van der Waals surface area contributed by atoms with E-state index >= 15 is 0 Å². The second-order valence-electron chi connectivity index (χ2n) is 2.93. The van der Waals surface area contributed by atoms with Crippen LogP contribution in [0.25, 0.3) is 0 Å². The maximum absolute atomic E-state index is 12.4. The highest BCUT2D eigenvalue weighted by Gasteiger charge is 2.68. The lowest BCUT2D eigenvalue weighted by Crippen LogP contribution is -2.53. The highest BCUT2D eigenvalue weighted by atomic mass is 19.3. The Balaban J connectivity index is 2.95. The molecule has 0 amide bonds. The van der Waals surface area contributed by atoms with E-state index in [-0.39, 0.29) is 0 Å². The van der Waals surface area contributed by atoms with Crippen molar-refractivity contribution in [3.63, 3.8) is 0 Å². The molecule has 0 saturated heterocycles. The Morgan fingerprint density at radius 2 is 1.64 bits per heavy atom. The zero-order chi connectivity index (χ0) is 8.86. The molecule has 1 rings (SSSR count). The summed E-state index contributed by atoms with van der Waals surface area (Å²) >= 11 is 0. The van der Waals surface area contributed by atoms with E-state index in [1.807, 2.05) is 0 Å². The second-order valence-corrected chi connectivity index (χ2v) is 2.93. The number of alkyl halides is 4. The minimum Gasteiger partial charge on any atom is -0.199 e. The average Bonchev–Trinajstić information content (AvgIpc) is 1.82. The summed E-state index contributed by atoms with van der Waals surface area (Å²) in [5.41, 5.74) is -0.122. The SMILES string of the molecule is CC(C)=C1CC(F)(F)C1(F)F. The van der Waals surface area contributed by atoms with E-state index in [9.17, 15) is 17.6 Å². The quantitative estimate of drug-likeness (QED) is 0.385. The van der Waals surface area contributed by atoms with Crippen molar-refractivity contribution in [2.24, 2.45) is 0 Å². The van der Waals surface area contributed by atoms with E-state index in [1.165, 1.54) is 13.8 Å². The third-order valence-corrected chi connectivity index (χ3v) is 1.84. The molecule has 0 aromatic carbocycles. The first-order chi connectivity index (χ1) is 4.79. The van der Waals surface area contributed by atoms with Gasteiger partial charge in [0, 0.05) is 12.0 Å². The molecule has 0 nitrogen and oxygen atoms in total. The summed E-state index contributed by atoms with van der Waals surface area (Å²) in [5.74, 6) is -7.72. The smallest absolute Gasteiger partial charge is 0.199 e. The molecule has 64 valence electrons. The molecule has 0 aliphatic heterocycles. The molecular formula is C7H8F4. The molecule has 0 aromatic heterocycles. The summed E-state index contributed by atoms with van der Waals surface area (Å²) < 4.78 is 49.1. The van der Waals surface area contributed by atoms with E-state index in [4.69, 9.17) is 0 Å². The largest absolute Gasteiger partial charge is 0.332 e. The number of rotatable bonds is 0. The number of halogens is 4. The van der Waals surface area contributed by atoms with Gasteiger partial charge in [-0.3, -0.25) is 0 Å². The van der Waals surface area contributed by atoms with E-state index in [2.05, 4.69) is 0 Å². The summed E-state index contributed by atoms with van der Waals surface area (Å²) in [6, 6.07) is 0. The van der Waals surface area contributed by atoms with Crippen LogP contribution < -0.4 is 0 Å². The molecule has 0 aromatic rings. The normalized spacial score (nSPS) is 26.2. The van der Waals surface area contributed by atoms with Gasteiger partial charge in [0.2, 0.25) is 0 Å². The van der Waals surface area contributed by atoms with Crippen molar-refractivity contribution in [1.82, 2.24) is 0 Å². The highest BCUT2D eigenvalue weighted by Crippen LogP contribution is 2.55. The summed E-state index contributed by atoms with van der Waals surface area (Å²) in [6.45, 7) is 2.83. The van der Waals surface area contributed by atoms with Crippen LogP contribution in [0, 0.1) is 0 Å². The fraction of sp³-hybridized carbons (Fsp3) is 0.714. The van der Waals surface area contributed by atoms with Gasteiger partial charge in [-0.05, 0) is 13.8 Å². The lowest BCUT2D eigenvalue weighted by Gasteiger charge is -2.39. The molecule has 0 radical (unpaired) electrons. The van der Waals surface area contributed by atoms with Crippen molar-refractivity contribution < 1.29 is 17.6 Å². The molecule has 11 heavy (non-hydrogen) atoms. The molecule has 1 aliphatic rings. The number of hydrogen-bond acceptors (Lipinski definition) is 0. The van der Waals surface area contributed by atoms with Gasteiger partial charge in [0.1, 0.15) is 0 Å². The Labute approximate surface area is 61.9 Å². The predicted molar refractivity (Wildman–Crippen MR) is 32.9 cm³/mol. The van der Waals surface area contributed by atoms with Crippen molar-refractivity contribution in [2.45, 2.75) is 32.1 Å². The van der Waals surface area contributed by atoms with Gasteiger partial charge in [0.15, 0.2) is 0 Å². The van der Waals surface area contributed by atoms with Crippen LogP contribution in [-0.2, 0) is 0 Å². The first kappa shape index (κ1) is 8.56. The fourth-order valence-electron chi connectivity index (χ4n) is 1.05.